The summed E-state index contributed by atoms with van der Waals surface area (Å²) in [6.07, 6.45) is 1.44. The number of hydrogen-bond acceptors (Lipinski definition) is 5. The lowest BCUT2D eigenvalue weighted by atomic mass is 10.1. The number of para-hydroxylation sites is 1. The fourth-order valence-electron chi connectivity index (χ4n) is 2.28. The molecular weight excluding hydrogens is 374 g/mol. The first kappa shape index (κ1) is 16.1. The van der Waals surface area contributed by atoms with Gasteiger partial charge in [0.25, 0.3) is 5.91 Å². The summed E-state index contributed by atoms with van der Waals surface area (Å²) in [7, 11) is 1.60. The Hall–Kier alpha value is -2.74. The first-order chi connectivity index (χ1) is 11.7. The van der Waals surface area contributed by atoms with Crippen LogP contribution < -0.4 is 10.1 Å². The number of tetrazole rings is 1. The van der Waals surface area contributed by atoms with Gasteiger partial charge in [0.05, 0.1) is 18.4 Å². The molecule has 1 N–H and O–H groups in total. The number of carbonyl (C=O) groups excluding carboxylic acids is 1. The first-order valence-corrected chi connectivity index (χ1v) is 7.91. The fourth-order valence-corrected chi connectivity index (χ4v) is 2.64. The normalized spacial score (nSPS) is 10.4. The number of nitrogens with one attached hydrogen (secondary N) is 1. The van der Waals surface area contributed by atoms with Gasteiger partial charge in [0.15, 0.2) is 0 Å². The molecule has 0 aliphatic carbocycles. The molecule has 1 amide bonds. The fraction of sp³-hybridized carbons (Fsp3) is 0.125. The van der Waals surface area contributed by atoms with Crippen LogP contribution in [0.4, 0.5) is 0 Å². The lowest BCUT2D eigenvalue weighted by Crippen LogP contribution is -2.24. The summed E-state index contributed by atoms with van der Waals surface area (Å²) < 4.78 is 7.54. The highest BCUT2D eigenvalue weighted by atomic mass is 79.9. The standard InChI is InChI=1S/C16H14BrN5O2/c1-24-15-5-3-2-4-11(15)9-18-16(23)13-8-12(17)6-7-14(13)22-10-19-20-21-22/h2-8,10H,9H2,1H3,(H,18,23). The minimum absolute atomic E-state index is 0.229. The molecule has 3 rings (SSSR count). The molecule has 1 aromatic heterocycles. The molecule has 0 fully saturated rings. The van der Waals surface area contributed by atoms with E-state index in [2.05, 4.69) is 36.8 Å². The Morgan fingerprint density at radius 2 is 2.12 bits per heavy atom. The summed E-state index contributed by atoms with van der Waals surface area (Å²) in [6, 6.07) is 12.9. The molecule has 1 heterocycles. The number of amides is 1. The third-order valence-electron chi connectivity index (χ3n) is 3.43. The molecule has 3 aromatic rings. The summed E-state index contributed by atoms with van der Waals surface area (Å²) in [5.41, 5.74) is 1.96. The summed E-state index contributed by atoms with van der Waals surface area (Å²) >= 11 is 3.39. The molecule has 0 saturated heterocycles. The molecule has 0 saturated carbocycles. The van der Waals surface area contributed by atoms with E-state index in [1.54, 1.807) is 19.2 Å². The van der Waals surface area contributed by atoms with Gasteiger partial charge in [-0.15, -0.1) is 5.10 Å². The van der Waals surface area contributed by atoms with Crippen LogP contribution in [0, 0.1) is 0 Å². The molecule has 0 atom stereocenters. The number of ether oxygens (including phenoxy) is 1. The molecule has 7 nitrogen and oxygen atoms in total. The van der Waals surface area contributed by atoms with E-state index in [1.165, 1.54) is 11.0 Å². The molecule has 122 valence electrons. The van der Waals surface area contributed by atoms with Gasteiger partial charge in [-0.25, -0.2) is 0 Å². The van der Waals surface area contributed by atoms with Gasteiger partial charge >= 0.3 is 0 Å². The van der Waals surface area contributed by atoms with Crippen LogP contribution in [0.5, 0.6) is 5.75 Å². The van der Waals surface area contributed by atoms with Crippen molar-refractivity contribution in [2.24, 2.45) is 0 Å². The second-order valence-electron chi connectivity index (χ2n) is 4.91. The van der Waals surface area contributed by atoms with E-state index in [0.29, 0.717) is 17.8 Å². The number of methoxy groups -OCH3 is 1. The van der Waals surface area contributed by atoms with Gasteiger partial charge < -0.3 is 10.1 Å². The van der Waals surface area contributed by atoms with Crippen LogP contribution in [0.3, 0.4) is 0 Å². The van der Waals surface area contributed by atoms with E-state index in [9.17, 15) is 4.79 Å². The van der Waals surface area contributed by atoms with Gasteiger partial charge in [0.1, 0.15) is 12.1 Å². The number of nitrogens with zero attached hydrogens (tertiary/aromatic N) is 4. The van der Waals surface area contributed by atoms with Crippen molar-refractivity contribution in [3.8, 4) is 11.4 Å². The van der Waals surface area contributed by atoms with Crippen molar-refractivity contribution in [1.29, 1.82) is 0 Å². The zero-order chi connectivity index (χ0) is 16.9. The maximum atomic E-state index is 12.6. The minimum atomic E-state index is -0.229. The summed E-state index contributed by atoms with van der Waals surface area (Å²) in [5, 5.41) is 14.0. The number of hydrogen-bond donors (Lipinski definition) is 1. The Kier molecular flexibility index (Phi) is 4.85. The SMILES string of the molecule is COc1ccccc1CNC(=O)c1cc(Br)ccc1-n1cnnn1. The van der Waals surface area contributed by atoms with Crippen molar-refractivity contribution in [1.82, 2.24) is 25.5 Å². The monoisotopic (exact) mass is 387 g/mol. The Balaban J connectivity index is 1.84. The summed E-state index contributed by atoms with van der Waals surface area (Å²) in [5.74, 6) is 0.500. The molecular formula is C16H14BrN5O2. The van der Waals surface area contributed by atoms with Gasteiger partial charge in [0.2, 0.25) is 0 Å². The predicted octanol–water partition coefficient (Wildman–Crippen LogP) is 2.36. The average molecular weight is 388 g/mol. The molecule has 0 aliphatic heterocycles. The predicted molar refractivity (Wildman–Crippen MR) is 91.0 cm³/mol. The van der Waals surface area contributed by atoms with Gasteiger partial charge in [0, 0.05) is 16.6 Å². The zero-order valence-electron chi connectivity index (χ0n) is 12.8. The van der Waals surface area contributed by atoms with Crippen molar-refractivity contribution in [2.75, 3.05) is 7.11 Å². The highest BCUT2D eigenvalue weighted by Gasteiger charge is 2.15. The molecule has 24 heavy (non-hydrogen) atoms. The summed E-state index contributed by atoms with van der Waals surface area (Å²) in [6.45, 7) is 0.352. The quantitative estimate of drug-likeness (QED) is 0.726. The smallest absolute Gasteiger partial charge is 0.253 e. The van der Waals surface area contributed by atoms with Crippen molar-refractivity contribution >= 4 is 21.8 Å². The maximum absolute atomic E-state index is 12.6. The molecule has 0 spiro atoms. The van der Waals surface area contributed by atoms with Crippen molar-refractivity contribution in [3.05, 3.63) is 64.4 Å². The second kappa shape index (κ2) is 7.22. The van der Waals surface area contributed by atoms with E-state index in [4.69, 9.17) is 4.74 Å². The van der Waals surface area contributed by atoms with E-state index in [1.807, 2.05) is 30.3 Å². The highest BCUT2D eigenvalue weighted by molar-refractivity contribution is 9.10. The van der Waals surface area contributed by atoms with Crippen LogP contribution in [-0.2, 0) is 6.54 Å². The zero-order valence-corrected chi connectivity index (χ0v) is 14.4. The number of benzene rings is 2. The van der Waals surface area contributed by atoms with Crippen LogP contribution in [0.2, 0.25) is 0 Å². The average Bonchev–Trinajstić information content (AvgIpc) is 3.14. The third kappa shape index (κ3) is 3.43. The number of rotatable bonds is 5. The van der Waals surface area contributed by atoms with Crippen molar-refractivity contribution < 1.29 is 9.53 Å². The van der Waals surface area contributed by atoms with Gasteiger partial charge in [-0.1, -0.05) is 34.1 Å². The van der Waals surface area contributed by atoms with Crippen LogP contribution >= 0.6 is 15.9 Å². The highest BCUT2D eigenvalue weighted by Crippen LogP contribution is 2.20. The molecule has 0 unspecified atom stereocenters. The molecule has 8 heteroatoms. The topological polar surface area (TPSA) is 81.9 Å². The largest absolute Gasteiger partial charge is 0.496 e. The van der Waals surface area contributed by atoms with Gasteiger partial charge in [-0.3, -0.25) is 4.79 Å². The molecule has 0 aliphatic rings. The second-order valence-corrected chi connectivity index (χ2v) is 5.83. The van der Waals surface area contributed by atoms with Crippen molar-refractivity contribution in [2.45, 2.75) is 6.54 Å². The van der Waals surface area contributed by atoms with Crippen LogP contribution in [-0.4, -0.2) is 33.2 Å². The molecule has 0 radical (unpaired) electrons. The van der Waals surface area contributed by atoms with Crippen LogP contribution in [0.25, 0.3) is 5.69 Å². The minimum Gasteiger partial charge on any atom is -0.496 e. The summed E-state index contributed by atoms with van der Waals surface area (Å²) in [4.78, 5) is 12.6. The third-order valence-corrected chi connectivity index (χ3v) is 3.92. The Labute approximate surface area is 146 Å². The van der Waals surface area contributed by atoms with Gasteiger partial charge in [-0.05, 0) is 34.7 Å². The van der Waals surface area contributed by atoms with Gasteiger partial charge in [-0.2, -0.15) is 4.68 Å². The Bertz CT molecular complexity index is 851. The number of aromatic nitrogens is 4. The lowest BCUT2D eigenvalue weighted by Gasteiger charge is -2.12. The van der Waals surface area contributed by atoms with Crippen molar-refractivity contribution in [3.63, 3.8) is 0 Å². The van der Waals surface area contributed by atoms with E-state index >= 15 is 0 Å². The van der Waals surface area contributed by atoms with Crippen LogP contribution in [0.15, 0.2) is 53.3 Å². The Morgan fingerprint density at radius 1 is 1.29 bits per heavy atom. The van der Waals surface area contributed by atoms with E-state index in [0.717, 1.165) is 15.8 Å². The Morgan fingerprint density at radius 3 is 2.88 bits per heavy atom. The van der Waals surface area contributed by atoms with Crippen LogP contribution in [0.1, 0.15) is 15.9 Å². The van der Waals surface area contributed by atoms with E-state index < -0.39 is 0 Å². The van der Waals surface area contributed by atoms with E-state index in [-0.39, 0.29) is 5.91 Å². The number of halogens is 1. The number of carbonyl (C=O) groups is 1. The lowest BCUT2D eigenvalue weighted by molar-refractivity contribution is 0.0950. The molecule has 2 aromatic carbocycles. The maximum Gasteiger partial charge on any atom is 0.253 e. The first-order valence-electron chi connectivity index (χ1n) is 7.12. The molecule has 0 bridgehead atoms.